The van der Waals surface area contributed by atoms with E-state index in [9.17, 15) is 0 Å². The molecular formula is C18H22ClN7. The Morgan fingerprint density at radius 2 is 2.04 bits per heavy atom. The zero-order valence-corrected chi connectivity index (χ0v) is 15.6. The molecule has 0 aliphatic carbocycles. The van der Waals surface area contributed by atoms with Crippen LogP contribution in [-0.2, 0) is 0 Å². The van der Waals surface area contributed by atoms with E-state index < -0.39 is 0 Å². The summed E-state index contributed by atoms with van der Waals surface area (Å²) in [6, 6.07) is 4.35. The van der Waals surface area contributed by atoms with Crippen molar-refractivity contribution in [2.45, 2.75) is 32.7 Å². The molecule has 0 atom stereocenters. The van der Waals surface area contributed by atoms with E-state index in [-0.39, 0.29) is 0 Å². The lowest BCUT2D eigenvalue weighted by atomic mass is 10.1. The van der Waals surface area contributed by atoms with Crippen LogP contribution >= 0.6 is 11.6 Å². The van der Waals surface area contributed by atoms with Crippen molar-refractivity contribution in [3.8, 4) is 0 Å². The summed E-state index contributed by atoms with van der Waals surface area (Å²) in [4.78, 5) is 13.4. The molecule has 136 valence electrons. The van der Waals surface area contributed by atoms with Crippen molar-refractivity contribution in [1.82, 2.24) is 24.7 Å². The molecule has 4 rings (SSSR count). The second kappa shape index (κ2) is 7.09. The average Bonchev–Trinajstić information content (AvgIpc) is 2.92. The number of hydrogen-bond acceptors (Lipinski definition) is 6. The number of piperidine rings is 1. The van der Waals surface area contributed by atoms with Crippen LogP contribution in [0.4, 0.5) is 17.5 Å². The Morgan fingerprint density at radius 1 is 1.23 bits per heavy atom. The summed E-state index contributed by atoms with van der Waals surface area (Å²) in [5, 5.41) is 10.6. The molecule has 0 unspecified atom stereocenters. The third kappa shape index (κ3) is 3.45. The number of halogens is 1. The van der Waals surface area contributed by atoms with Crippen LogP contribution in [0.1, 0.15) is 24.2 Å². The number of hydrogen-bond donors (Lipinski definition) is 3. The smallest absolute Gasteiger partial charge is 0.229 e. The van der Waals surface area contributed by atoms with E-state index in [1.807, 2.05) is 25.3 Å². The fourth-order valence-corrected chi connectivity index (χ4v) is 3.33. The Balaban J connectivity index is 1.55. The minimum absolute atomic E-state index is 0.378. The van der Waals surface area contributed by atoms with Gasteiger partial charge in [-0.15, -0.1) is 0 Å². The highest BCUT2D eigenvalue weighted by Crippen LogP contribution is 2.24. The van der Waals surface area contributed by atoms with Gasteiger partial charge in [-0.2, -0.15) is 4.98 Å². The summed E-state index contributed by atoms with van der Waals surface area (Å²) < 4.78 is 2.06. The lowest BCUT2D eigenvalue weighted by molar-refractivity contribution is 0.478. The molecule has 0 spiro atoms. The number of aryl methyl sites for hydroxylation is 2. The number of rotatable bonds is 4. The normalized spacial score (nSPS) is 15.3. The predicted molar refractivity (Wildman–Crippen MR) is 105 cm³/mol. The van der Waals surface area contributed by atoms with Crippen LogP contribution in [0.5, 0.6) is 0 Å². The first kappa shape index (κ1) is 17.1. The van der Waals surface area contributed by atoms with Crippen molar-refractivity contribution in [2.24, 2.45) is 0 Å². The highest BCUT2D eigenvalue weighted by Gasteiger charge is 2.15. The molecule has 1 aliphatic heterocycles. The first-order valence-electron chi connectivity index (χ1n) is 8.82. The van der Waals surface area contributed by atoms with E-state index in [2.05, 4.69) is 42.2 Å². The largest absolute Gasteiger partial charge is 0.366 e. The molecule has 4 heterocycles. The van der Waals surface area contributed by atoms with Crippen molar-refractivity contribution in [1.29, 1.82) is 0 Å². The van der Waals surface area contributed by atoms with Gasteiger partial charge in [0.1, 0.15) is 10.7 Å². The van der Waals surface area contributed by atoms with Crippen LogP contribution in [0, 0.1) is 13.8 Å². The molecule has 3 aromatic heterocycles. The average molecular weight is 372 g/mol. The molecule has 1 fully saturated rings. The Hall–Kier alpha value is -2.38. The number of nitrogens with one attached hydrogen (secondary N) is 3. The Kier molecular flexibility index (Phi) is 4.65. The lowest BCUT2D eigenvalue weighted by Gasteiger charge is -2.24. The number of anilines is 3. The minimum Gasteiger partial charge on any atom is -0.366 e. The molecule has 3 aromatic rings. The van der Waals surface area contributed by atoms with E-state index in [4.69, 9.17) is 11.6 Å². The quantitative estimate of drug-likeness (QED) is 0.653. The molecule has 3 N–H and O–H groups in total. The van der Waals surface area contributed by atoms with Gasteiger partial charge in [0.05, 0.1) is 11.9 Å². The van der Waals surface area contributed by atoms with Crippen LogP contribution in [0.25, 0.3) is 5.65 Å². The third-order valence-electron chi connectivity index (χ3n) is 4.78. The Labute approximate surface area is 157 Å². The van der Waals surface area contributed by atoms with E-state index in [0.29, 0.717) is 22.8 Å². The van der Waals surface area contributed by atoms with Gasteiger partial charge >= 0.3 is 0 Å². The summed E-state index contributed by atoms with van der Waals surface area (Å²) in [5.74, 6) is 1.18. The first-order chi connectivity index (χ1) is 12.6. The fraction of sp³-hybridized carbons (Fsp3) is 0.389. The summed E-state index contributed by atoms with van der Waals surface area (Å²) >= 11 is 6.27. The van der Waals surface area contributed by atoms with Crippen LogP contribution < -0.4 is 16.0 Å². The molecule has 1 saturated heterocycles. The first-order valence-corrected chi connectivity index (χ1v) is 9.20. The van der Waals surface area contributed by atoms with Gasteiger partial charge in [0.15, 0.2) is 5.82 Å². The molecule has 0 radical (unpaired) electrons. The summed E-state index contributed by atoms with van der Waals surface area (Å²) in [6.07, 6.45) is 5.73. The van der Waals surface area contributed by atoms with Crippen molar-refractivity contribution >= 4 is 34.7 Å². The van der Waals surface area contributed by atoms with E-state index in [1.165, 1.54) is 0 Å². The van der Waals surface area contributed by atoms with E-state index in [1.54, 1.807) is 6.20 Å². The van der Waals surface area contributed by atoms with Gasteiger partial charge in [0.25, 0.3) is 0 Å². The van der Waals surface area contributed by atoms with Gasteiger partial charge < -0.3 is 20.4 Å². The maximum atomic E-state index is 6.27. The number of aromatic nitrogens is 4. The topological polar surface area (TPSA) is 79.2 Å². The summed E-state index contributed by atoms with van der Waals surface area (Å²) in [7, 11) is 0. The maximum Gasteiger partial charge on any atom is 0.229 e. The van der Waals surface area contributed by atoms with E-state index in [0.717, 1.165) is 48.7 Å². The second-order valence-electron chi connectivity index (χ2n) is 6.61. The van der Waals surface area contributed by atoms with Gasteiger partial charge in [0.2, 0.25) is 5.95 Å². The van der Waals surface area contributed by atoms with Crippen molar-refractivity contribution in [2.75, 3.05) is 23.7 Å². The van der Waals surface area contributed by atoms with Crippen LogP contribution in [0.3, 0.4) is 0 Å². The lowest BCUT2D eigenvalue weighted by Crippen LogP contribution is -2.35. The molecule has 0 aromatic carbocycles. The van der Waals surface area contributed by atoms with Crippen molar-refractivity contribution in [3.63, 3.8) is 0 Å². The minimum atomic E-state index is 0.378. The summed E-state index contributed by atoms with van der Waals surface area (Å²) in [5.41, 5.74) is 3.95. The fourth-order valence-electron chi connectivity index (χ4n) is 3.18. The zero-order chi connectivity index (χ0) is 18.1. The number of nitrogens with zero attached hydrogens (tertiary/aromatic N) is 4. The zero-order valence-electron chi connectivity index (χ0n) is 14.9. The molecule has 8 heteroatoms. The summed E-state index contributed by atoms with van der Waals surface area (Å²) in [6.45, 7) is 6.09. The van der Waals surface area contributed by atoms with E-state index >= 15 is 0 Å². The molecular weight excluding hydrogens is 350 g/mol. The monoisotopic (exact) mass is 371 g/mol. The van der Waals surface area contributed by atoms with Crippen LogP contribution in [-0.4, -0.2) is 38.5 Å². The van der Waals surface area contributed by atoms with Gasteiger partial charge in [-0.1, -0.05) is 11.6 Å². The van der Waals surface area contributed by atoms with Gasteiger partial charge in [-0.3, -0.25) is 0 Å². The van der Waals surface area contributed by atoms with Gasteiger partial charge in [-0.25, -0.2) is 9.97 Å². The van der Waals surface area contributed by atoms with Gasteiger partial charge in [0, 0.05) is 29.7 Å². The van der Waals surface area contributed by atoms with Gasteiger partial charge in [-0.05, 0) is 45.8 Å². The second-order valence-corrected chi connectivity index (χ2v) is 7.02. The van der Waals surface area contributed by atoms with Crippen LogP contribution in [0.2, 0.25) is 5.02 Å². The highest BCUT2D eigenvalue weighted by atomic mass is 35.5. The maximum absolute atomic E-state index is 6.27. The molecule has 0 amide bonds. The Morgan fingerprint density at radius 3 is 2.85 bits per heavy atom. The highest BCUT2D eigenvalue weighted by molar-refractivity contribution is 6.32. The SMILES string of the molecule is Cc1nc2cc(Nc3ncc(Cl)c(NC4CCNCC4)n3)ccn2c1C. The molecule has 0 bridgehead atoms. The molecule has 1 aliphatic rings. The van der Waals surface area contributed by atoms with Crippen molar-refractivity contribution in [3.05, 3.63) is 40.9 Å². The molecule has 0 saturated carbocycles. The van der Waals surface area contributed by atoms with Crippen molar-refractivity contribution < 1.29 is 0 Å². The predicted octanol–water partition coefficient (Wildman–Crippen LogP) is 3.30. The number of fused-ring (bicyclic) bond motifs is 1. The Bertz CT molecular complexity index is 931. The molecule has 26 heavy (non-hydrogen) atoms. The third-order valence-corrected chi connectivity index (χ3v) is 5.06. The standard InChI is InChI=1S/C18H22ClN7/c1-11-12(2)26-8-5-14(9-16(26)22-11)24-18-21-10-15(19)17(25-18)23-13-3-6-20-7-4-13/h5,8-10,13,20H,3-4,6-7H2,1-2H3,(H2,21,23,24,25). The molecule has 7 nitrogen and oxygen atoms in total. The number of pyridine rings is 1. The van der Waals surface area contributed by atoms with Crippen LogP contribution in [0.15, 0.2) is 24.5 Å². The number of imidazole rings is 1.